The third-order valence-electron chi connectivity index (χ3n) is 4.38. The van der Waals surface area contributed by atoms with E-state index in [1.165, 1.54) is 11.9 Å². The summed E-state index contributed by atoms with van der Waals surface area (Å²) >= 11 is 5.94. The lowest BCUT2D eigenvalue weighted by Gasteiger charge is -2.18. The molecule has 0 radical (unpaired) electrons. The zero-order valence-electron chi connectivity index (χ0n) is 15.9. The lowest BCUT2D eigenvalue weighted by atomic mass is 10.2. The van der Waals surface area contributed by atoms with E-state index in [9.17, 15) is 9.59 Å². The van der Waals surface area contributed by atoms with Crippen molar-refractivity contribution < 1.29 is 14.3 Å². The highest BCUT2D eigenvalue weighted by Gasteiger charge is 2.33. The quantitative estimate of drug-likeness (QED) is 0.684. The lowest BCUT2D eigenvalue weighted by molar-refractivity contribution is -0.135. The molecular weight excluding hydrogens is 404 g/mol. The number of aromatic nitrogens is 1. The Morgan fingerprint density at radius 3 is 2.53 bits per heavy atom. The van der Waals surface area contributed by atoms with Gasteiger partial charge in [0.15, 0.2) is 0 Å². The van der Waals surface area contributed by atoms with Crippen LogP contribution in [0.15, 0.2) is 78.0 Å². The van der Waals surface area contributed by atoms with Crippen LogP contribution in [-0.2, 0) is 9.53 Å². The number of hydrogen-bond donors (Lipinski definition) is 1. The van der Waals surface area contributed by atoms with Crippen molar-refractivity contribution in [1.29, 1.82) is 0 Å². The molecule has 0 saturated heterocycles. The Bertz CT molecular complexity index is 1120. The molecule has 1 atom stereocenters. The fourth-order valence-electron chi connectivity index (χ4n) is 2.93. The summed E-state index contributed by atoms with van der Waals surface area (Å²) in [6.07, 6.45) is 0.910. The molecule has 1 aliphatic heterocycles. The third-order valence-corrected chi connectivity index (χ3v) is 4.62. The smallest absolute Gasteiger partial charge is 0.255 e. The van der Waals surface area contributed by atoms with E-state index in [0.29, 0.717) is 33.4 Å². The first kappa shape index (κ1) is 19.6. The van der Waals surface area contributed by atoms with Crippen LogP contribution in [0.1, 0.15) is 34.8 Å². The van der Waals surface area contributed by atoms with Crippen LogP contribution in [0.4, 0.5) is 5.69 Å². The average molecular weight is 421 g/mol. The van der Waals surface area contributed by atoms with Crippen molar-refractivity contribution in [2.75, 3.05) is 5.32 Å². The second-order valence-corrected chi connectivity index (χ2v) is 6.97. The first-order valence-electron chi connectivity index (χ1n) is 9.14. The standard InChI is InChI=1S/C22H17ClN4O3/c1-14(28)27-22(19-7-2-3-12-24-19)30-21(26-27)15-8-10-18(11-9-15)25-20(29)16-5-4-6-17(23)13-16/h2-13,22H,1H3,(H,25,29)/t22-/m1/s1. The molecule has 8 heteroatoms. The molecule has 3 aromatic rings. The van der Waals surface area contributed by atoms with Crippen LogP contribution in [0.5, 0.6) is 0 Å². The van der Waals surface area contributed by atoms with Gasteiger partial charge in [0.1, 0.15) is 5.69 Å². The van der Waals surface area contributed by atoms with Crippen LogP contribution in [-0.4, -0.2) is 27.7 Å². The van der Waals surface area contributed by atoms with Gasteiger partial charge in [0.05, 0.1) is 0 Å². The summed E-state index contributed by atoms with van der Waals surface area (Å²) in [5.41, 5.74) is 2.31. The number of carbonyl (C=O) groups is 2. The van der Waals surface area contributed by atoms with Gasteiger partial charge in [-0.05, 0) is 54.6 Å². The second-order valence-electron chi connectivity index (χ2n) is 6.54. The molecular formula is C22H17ClN4O3. The Morgan fingerprint density at radius 1 is 1.07 bits per heavy atom. The molecule has 0 unspecified atom stereocenters. The van der Waals surface area contributed by atoms with Crippen LogP contribution in [0.25, 0.3) is 0 Å². The van der Waals surface area contributed by atoms with E-state index >= 15 is 0 Å². The molecule has 2 heterocycles. The molecule has 0 aliphatic carbocycles. The number of hydrogen-bond acceptors (Lipinski definition) is 5. The first-order chi connectivity index (χ1) is 14.5. The van der Waals surface area contributed by atoms with Crippen molar-refractivity contribution in [1.82, 2.24) is 9.99 Å². The Hall–Kier alpha value is -3.71. The normalized spacial score (nSPS) is 15.3. The van der Waals surface area contributed by atoms with Crippen LogP contribution >= 0.6 is 11.6 Å². The van der Waals surface area contributed by atoms with Crippen molar-refractivity contribution in [2.45, 2.75) is 13.2 Å². The van der Waals surface area contributed by atoms with Crippen molar-refractivity contribution in [2.24, 2.45) is 5.10 Å². The van der Waals surface area contributed by atoms with Gasteiger partial charge >= 0.3 is 0 Å². The Labute approximate surface area is 177 Å². The molecule has 150 valence electrons. The second kappa shape index (κ2) is 8.34. The average Bonchev–Trinajstić information content (AvgIpc) is 3.21. The number of pyridine rings is 1. The molecule has 0 saturated carbocycles. The maximum absolute atomic E-state index is 12.4. The predicted octanol–water partition coefficient (Wildman–Crippen LogP) is 4.23. The van der Waals surface area contributed by atoms with Crippen molar-refractivity contribution in [3.05, 3.63) is 94.8 Å². The summed E-state index contributed by atoms with van der Waals surface area (Å²) in [5, 5.41) is 8.86. The largest absolute Gasteiger partial charge is 0.444 e. The zero-order valence-corrected chi connectivity index (χ0v) is 16.7. The van der Waals surface area contributed by atoms with E-state index in [0.717, 1.165) is 0 Å². The maximum atomic E-state index is 12.4. The maximum Gasteiger partial charge on any atom is 0.255 e. The summed E-state index contributed by atoms with van der Waals surface area (Å²) in [7, 11) is 0. The van der Waals surface area contributed by atoms with E-state index in [4.69, 9.17) is 16.3 Å². The number of amides is 2. The fraction of sp³-hybridized carbons (Fsp3) is 0.0909. The highest BCUT2D eigenvalue weighted by atomic mass is 35.5. The zero-order chi connectivity index (χ0) is 21.1. The Morgan fingerprint density at radius 2 is 1.87 bits per heavy atom. The van der Waals surface area contributed by atoms with Crippen LogP contribution in [0.3, 0.4) is 0 Å². The number of hydrazone groups is 1. The molecule has 7 nitrogen and oxygen atoms in total. The summed E-state index contributed by atoms with van der Waals surface area (Å²) in [4.78, 5) is 28.6. The Kier molecular flexibility index (Phi) is 5.45. The summed E-state index contributed by atoms with van der Waals surface area (Å²) < 4.78 is 5.90. The van der Waals surface area contributed by atoms with E-state index < -0.39 is 6.23 Å². The van der Waals surface area contributed by atoms with Gasteiger partial charge in [-0.15, -0.1) is 5.10 Å². The molecule has 1 aliphatic rings. The first-order valence-corrected chi connectivity index (χ1v) is 9.52. The van der Waals surface area contributed by atoms with Gasteiger partial charge in [-0.25, -0.2) is 0 Å². The van der Waals surface area contributed by atoms with Gasteiger partial charge in [0.25, 0.3) is 5.91 Å². The molecule has 0 spiro atoms. The van der Waals surface area contributed by atoms with Crippen molar-refractivity contribution in [3.63, 3.8) is 0 Å². The minimum atomic E-state index is -0.721. The fourth-order valence-corrected chi connectivity index (χ4v) is 3.12. The van der Waals surface area contributed by atoms with E-state index in [-0.39, 0.29) is 11.8 Å². The molecule has 2 amide bonds. The molecule has 4 rings (SSSR count). The topological polar surface area (TPSA) is 83.9 Å². The van der Waals surface area contributed by atoms with E-state index in [2.05, 4.69) is 15.4 Å². The van der Waals surface area contributed by atoms with Gasteiger partial charge in [0, 0.05) is 35.0 Å². The molecule has 0 fully saturated rings. The number of benzene rings is 2. The number of rotatable bonds is 4. The molecule has 2 aromatic carbocycles. The van der Waals surface area contributed by atoms with Gasteiger partial charge in [-0.3, -0.25) is 14.6 Å². The number of halogens is 1. The highest BCUT2D eigenvalue weighted by molar-refractivity contribution is 6.31. The Balaban J connectivity index is 1.50. The molecule has 1 N–H and O–H groups in total. The lowest BCUT2D eigenvalue weighted by Crippen LogP contribution is -2.25. The van der Waals surface area contributed by atoms with Crippen LogP contribution in [0.2, 0.25) is 5.02 Å². The number of anilines is 1. The SMILES string of the molecule is CC(=O)N1N=C(c2ccc(NC(=O)c3cccc(Cl)c3)cc2)O[C@@H]1c1ccccn1. The molecule has 0 bridgehead atoms. The highest BCUT2D eigenvalue weighted by Crippen LogP contribution is 2.29. The van der Waals surface area contributed by atoms with Gasteiger partial charge in [-0.1, -0.05) is 23.7 Å². The monoisotopic (exact) mass is 420 g/mol. The van der Waals surface area contributed by atoms with E-state index in [1.54, 1.807) is 66.9 Å². The van der Waals surface area contributed by atoms with Gasteiger partial charge < -0.3 is 10.1 Å². The van der Waals surface area contributed by atoms with Crippen molar-refractivity contribution >= 4 is 35.0 Å². The minimum absolute atomic E-state index is 0.258. The molecule has 30 heavy (non-hydrogen) atoms. The van der Waals surface area contributed by atoms with Gasteiger partial charge in [0.2, 0.25) is 18.0 Å². The summed E-state index contributed by atoms with van der Waals surface area (Å²) in [5.74, 6) is -0.225. The number of carbonyl (C=O) groups excluding carboxylic acids is 2. The van der Waals surface area contributed by atoms with Crippen LogP contribution < -0.4 is 5.32 Å². The summed E-state index contributed by atoms with van der Waals surface area (Å²) in [6, 6.07) is 19.1. The third kappa shape index (κ3) is 4.16. The number of nitrogens with zero attached hydrogens (tertiary/aromatic N) is 3. The minimum Gasteiger partial charge on any atom is -0.444 e. The van der Waals surface area contributed by atoms with E-state index in [1.807, 2.05) is 6.07 Å². The number of nitrogens with one attached hydrogen (secondary N) is 1. The predicted molar refractivity (Wildman–Crippen MR) is 113 cm³/mol. The van der Waals surface area contributed by atoms with Crippen molar-refractivity contribution in [3.8, 4) is 0 Å². The summed E-state index contributed by atoms with van der Waals surface area (Å²) in [6.45, 7) is 1.42. The molecule has 1 aromatic heterocycles. The number of ether oxygens (including phenoxy) is 1. The van der Waals surface area contributed by atoms with Gasteiger partial charge in [-0.2, -0.15) is 5.01 Å². The van der Waals surface area contributed by atoms with Crippen LogP contribution in [0, 0.1) is 0 Å².